The van der Waals surface area contributed by atoms with E-state index in [1.165, 1.54) is 19.3 Å². The van der Waals surface area contributed by atoms with Gasteiger partial charge in [0.05, 0.1) is 6.10 Å². The van der Waals surface area contributed by atoms with Crippen molar-refractivity contribution >= 4 is 0 Å². The molecular formula is C12H20O. The second-order valence-electron chi connectivity index (χ2n) is 3.73. The summed E-state index contributed by atoms with van der Waals surface area (Å²) in [6, 6.07) is 0. The van der Waals surface area contributed by atoms with Crippen molar-refractivity contribution < 1.29 is 5.11 Å². The van der Waals surface area contributed by atoms with Gasteiger partial charge in [-0.15, -0.1) is 0 Å². The highest BCUT2D eigenvalue weighted by molar-refractivity contribution is 5.10. The van der Waals surface area contributed by atoms with E-state index < -0.39 is 0 Å². The number of unbranched alkanes of at least 4 members (excludes halogenated alkanes) is 3. The lowest BCUT2D eigenvalue weighted by Crippen LogP contribution is -2.10. The second kappa shape index (κ2) is 5.98. The zero-order chi connectivity index (χ0) is 9.52. The molecule has 0 aliphatic heterocycles. The fraction of sp³-hybridized carbons (Fsp3) is 0.667. The standard InChI is InChI=1S/C12H20O/c1-2-3-4-5-6-8-11-9-7-10-12(11)13/h6-9,11-13H,2-5,10H2,1H3/b8-6-. The highest BCUT2D eigenvalue weighted by atomic mass is 16.3. The molecule has 0 fully saturated rings. The molecule has 0 radical (unpaired) electrons. The average molecular weight is 180 g/mol. The van der Waals surface area contributed by atoms with Crippen molar-refractivity contribution in [3.05, 3.63) is 24.3 Å². The van der Waals surface area contributed by atoms with Crippen molar-refractivity contribution in [3.8, 4) is 0 Å². The normalized spacial score (nSPS) is 27.5. The zero-order valence-electron chi connectivity index (χ0n) is 8.45. The van der Waals surface area contributed by atoms with E-state index in [-0.39, 0.29) is 12.0 Å². The fourth-order valence-corrected chi connectivity index (χ4v) is 1.62. The van der Waals surface area contributed by atoms with Crippen LogP contribution in [0, 0.1) is 5.92 Å². The molecule has 0 saturated carbocycles. The fourth-order valence-electron chi connectivity index (χ4n) is 1.62. The maximum absolute atomic E-state index is 9.48. The summed E-state index contributed by atoms with van der Waals surface area (Å²) < 4.78 is 0. The van der Waals surface area contributed by atoms with Gasteiger partial charge in [-0.2, -0.15) is 0 Å². The van der Waals surface area contributed by atoms with Gasteiger partial charge >= 0.3 is 0 Å². The van der Waals surface area contributed by atoms with Gasteiger partial charge in [0, 0.05) is 5.92 Å². The molecule has 1 nitrogen and oxygen atoms in total. The summed E-state index contributed by atoms with van der Waals surface area (Å²) >= 11 is 0. The highest BCUT2D eigenvalue weighted by Gasteiger charge is 2.16. The first-order valence-corrected chi connectivity index (χ1v) is 5.36. The average Bonchev–Trinajstić information content (AvgIpc) is 2.52. The Kier molecular flexibility index (Phi) is 4.84. The van der Waals surface area contributed by atoms with Crippen molar-refractivity contribution in [2.75, 3.05) is 0 Å². The van der Waals surface area contributed by atoms with E-state index in [9.17, 15) is 5.11 Å². The number of hydrogen-bond donors (Lipinski definition) is 1. The molecule has 0 aromatic rings. The van der Waals surface area contributed by atoms with Crippen molar-refractivity contribution in [1.82, 2.24) is 0 Å². The lowest BCUT2D eigenvalue weighted by Gasteiger charge is -2.07. The van der Waals surface area contributed by atoms with Crippen LogP contribution in [0.15, 0.2) is 24.3 Å². The molecule has 0 bridgehead atoms. The van der Waals surface area contributed by atoms with Crippen LogP contribution < -0.4 is 0 Å². The van der Waals surface area contributed by atoms with Gasteiger partial charge in [0.15, 0.2) is 0 Å². The van der Waals surface area contributed by atoms with Gasteiger partial charge in [0.2, 0.25) is 0 Å². The van der Waals surface area contributed by atoms with Crippen LogP contribution in [0.4, 0.5) is 0 Å². The van der Waals surface area contributed by atoms with Gasteiger partial charge in [0.1, 0.15) is 0 Å². The van der Waals surface area contributed by atoms with E-state index in [1.807, 2.05) is 0 Å². The quantitative estimate of drug-likeness (QED) is 0.509. The molecule has 2 unspecified atom stereocenters. The highest BCUT2D eigenvalue weighted by Crippen LogP contribution is 2.19. The summed E-state index contributed by atoms with van der Waals surface area (Å²) in [5.41, 5.74) is 0. The minimum absolute atomic E-state index is 0.164. The maximum Gasteiger partial charge on any atom is 0.0671 e. The summed E-state index contributed by atoms with van der Waals surface area (Å²) in [6.07, 6.45) is 14.2. The van der Waals surface area contributed by atoms with Crippen molar-refractivity contribution in [2.24, 2.45) is 5.92 Å². The monoisotopic (exact) mass is 180 g/mol. The molecule has 1 aliphatic rings. The van der Waals surface area contributed by atoms with Gasteiger partial charge in [0.25, 0.3) is 0 Å². The van der Waals surface area contributed by atoms with E-state index in [4.69, 9.17) is 0 Å². The molecule has 1 aliphatic carbocycles. The summed E-state index contributed by atoms with van der Waals surface area (Å²) in [5.74, 6) is 0.279. The molecule has 2 atom stereocenters. The van der Waals surface area contributed by atoms with Crippen LogP contribution in [0.25, 0.3) is 0 Å². The van der Waals surface area contributed by atoms with E-state index in [1.54, 1.807) is 0 Å². The smallest absolute Gasteiger partial charge is 0.0671 e. The summed E-state index contributed by atoms with van der Waals surface area (Å²) in [7, 11) is 0. The maximum atomic E-state index is 9.48. The summed E-state index contributed by atoms with van der Waals surface area (Å²) in [4.78, 5) is 0. The third kappa shape index (κ3) is 3.77. The van der Waals surface area contributed by atoms with Crippen LogP contribution in [0.1, 0.15) is 39.0 Å². The Hall–Kier alpha value is -0.560. The minimum atomic E-state index is -0.164. The largest absolute Gasteiger partial charge is 0.392 e. The van der Waals surface area contributed by atoms with Crippen LogP contribution in [-0.2, 0) is 0 Å². The van der Waals surface area contributed by atoms with E-state index in [2.05, 4.69) is 31.2 Å². The Bertz CT molecular complexity index is 182. The number of hydrogen-bond acceptors (Lipinski definition) is 1. The first-order valence-electron chi connectivity index (χ1n) is 5.36. The van der Waals surface area contributed by atoms with Crippen LogP contribution >= 0.6 is 0 Å². The van der Waals surface area contributed by atoms with Crippen LogP contribution in [0.3, 0.4) is 0 Å². The van der Waals surface area contributed by atoms with Gasteiger partial charge in [-0.25, -0.2) is 0 Å². The van der Waals surface area contributed by atoms with Crippen LogP contribution in [0.5, 0.6) is 0 Å². The number of rotatable bonds is 5. The molecule has 0 amide bonds. The predicted octanol–water partition coefficient (Wildman–Crippen LogP) is 3.06. The van der Waals surface area contributed by atoms with Gasteiger partial charge < -0.3 is 5.11 Å². The molecular weight excluding hydrogens is 160 g/mol. The Labute approximate surface area is 81.2 Å². The number of allylic oxidation sites excluding steroid dienone is 1. The van der Waals surface area contributed by atoms with Gasteiger partial charge in [-0.05, 0) is 19.3 Å². The molecule has 0 aromatic carbocycles. The molecule has 0 spiro atoms. The number of aliphatic hydroxyl groups excluding tert-OH is 1. The first kappa shape index (κ1) is 10.5. The van der Waals surface area contributed by atoms with E-state index in [0.29, 0.717) is 0 Å². The Morgan fingerprint density at radius 1 is 1.46 bits per heavy atom. The third-order valence-corrected chi connectivity index (χ3v) is 2.51. The number of aliphatic hydroxyl groups is 1. The summed E-state index contributed by atoms with van der Waals surface area (Å²) in [6.45, 7) is 2.22. The first-order chi connectivity index (χ1) is 6.34. The molecule has 1 N–H and O–H groups in total. The van der Waals surface area contributed by atoms with Crippen molar-refractivity contribution in [3.63, 3.8) is 0 Å². The van der Waals surface area contributed by atoms with E-state index in [0.717, 1.165) is 12.8 Å². The van der Waals surface area contributed by atoms with Crippen molar-refractivity contribution in [1.29, 1.82) is 0 Å². The SMILES string of the molecule is CCCCC/C=C\C1C=CCC1O. The predicted molar refractivity (Wildman–Crippen MR) is 56.5 cm³/mol. The molecule has 0 aromatic heterocycles. The van der Waals surface area contributed by atoms with Gasteiger partial charge in [-0.1, -0.05) is 44.1 Å². The lowest BCUT2D eigenvalue weighted by atomic mass is 10.1. The van der Waals surface area contributed by atoms with E-state index >= 15 is 0 Å². The zero-order valence-corrected chi connectivity index (χ0v) is 8.45. The third-order valence-electron chi connectivity index (χ3n) is 2.51. The Morgan fingerprint density at radius 2 is 2.31 bits per heavy atom. The molecule has 74 valence electrons. The lowest BCUT2D eigenvalue weighted by molar-refractivity contribution is 0.161. The Morgan fingerprint density at radius 3 is 2.92 bits per heavy atom. The molecule has 0 heterocycles. The van der Waals surface area contributed by atoms with Crippen LogP contribution in [0.2, 0.25) is 0 Å². The minimum Gasteiger partial charge on any atom is -0.392 e. The molecule has 1 heteroatoms. The molecule has 1 rings (SSSR count). The van der Waals surface area contributed by atoms with Gasteiger partial charge in [-0.3, -0.25) is 0 Å². The molecule has 0 saturated heterocycles. The topological polar surface area (TPSA) is 20.2 Å². The second-order valence-corrected chi connectivity index (χ2v) is 3.73. The Balaban J connectivity index is 2.12. The summed E-state index contributed by atoms with van der Waals surface area (Å²) in [5, 5.41) is 9.48. The molecule has 13 heavy (non-hydrogen) atoms. The van der Waals surface area contributed by atoms with Crippen LogP contribution in [-0.4, -0.2) is 11.2 Å². The van der Waals surface area contributed by atoms with Crippen molar-refractivity contribution in [2.45, 2.75) is 45.1 Å².